The van der Waals surface area contributed by atoms with Crippen molar-refractivity contribution < 1.29 is 4.39 Å². The van der Waals surface area contributed by atoms with Crippen LogP contribution in [0.25, 0.3) is 0 Å². The molecule has 0 spiro atoms. The lowest BCUT2D eigenvalue weighted by Crippen LogP contribution is -2.46. The average molecular weight is 247 g/mol. The zero-order valence-electron chi connectivity index (χ0n) is 10.9. The van der Waals surface area contributed by atoms with E-state index in [4.69, 9.17) is 5.73 Å². The largest absolute Gasteiger partial charge is 0.325 e. The fourth-order valence-electron chi connectivity index (χ4n) is 3.58. The monoisotopic (exact) mass is 247 g/mol. The van der Waals surface area contributed by atoms with Crippen LogP contribution in [-0.2, 0) is 6.42 Å². The van der Waals surface area contributed by atoms with Crippen LogP contribution in [-0.4, -0.2) is 5.54 Å². The molecule has 2 fully saturated rings. The molecule has 1 aromatic rings. The van der Waals surface area contributed by atoms with Crippen LogP contribution in [0.1, 0.15) is 44.1 Å². The highest BCUT2D eigenvalue weighted by Crippen LogP contribution is 2.46. The van der Waals surface area contributed by atoms with Crippen LogP contribution in [0.3, 0.4) is 0 Å². The molecule has 0 bridgehead atoms. The Kier molecular flexibility index (Phi) is 3.14. The van der Waals surface area contributed by atoms with Gasteiger partial charge in [-0.3, -0.25) is 0 Å². The molecule has 98 valence electrons. The zero-order valence-corrected chi connectivity index (χ0v) is 10.9. The van der Waals surface area contributed by atoms with Crippen LogP contribution < -0.4 is 5.73 Å². The minimum atomic E-state index is -0.163. The predicted molar refractivity (Wildman–Crippen MR) is 71.7 cm³/mol. The van der Waals surface area contributed by atoms with Crippen LogP contribution in [0.5, 0.6) is 0 Å². The topological polar surface area (TPSA) is 26.0 Å². The first-order valence-corrected chi connectivity index (χ1v) is 7.18. The molecule has 1 nitrogen and oxygen atoms in total. The first kappa shape index (κ1) is 12.2. The fourth-order valence-corrected chi connectivity index (χ4v) is 3.58. The van der Waals surface area contributed by atoms with E-state index >= 15 is 0 Å². The van der Waals surface area contributed by atoms with Gasteiger partial charge in [-0.15, -0.1) is 0 Å². The van der Waals surface area contributed by atoms with Gasteiger partial charge in [-0.2, -0.15) is 0 Å². The van der Waals surface area contributed by atoms with Crippen molar-refractivity contribution in [3.63, 3.8) is 0 Å². The summed E-state index contributed by atoms with van der Waals surface area (Å²) in [5.41, 5.74) is 7.72. The van der Waals surface area contributed by atoms with Gasteiger partial charge in [-0.05, 0) is 61.6 Å². The van der Waals surface area contributed by atoms with Gasteiger partial charge in [-0.25, -0.2) is 4.39 Å². The van der Waals surface area contributed by atoms with Crippen LogP contribution in [0.2, 0.25) is 0 Å². The summed E-state index contributed by atoms with van der Waals surface area (Å²) in [6, 6.07) is 6.84. The Hall–Kier alpha value is -0.890. The van der Waals surface area contributed by atoms with E-state index in [0.29, 0.717) is 0 Å². The Labute approximate surface area is 109 Å². The maximum absolute atomic E-state index is 12.9. The predicted octanol–water partition coefficient (Wildman–Crippen LogP) is 3.67. The molecule has 0 saturated heterocycles. The van der Waals surface area contributed by atoms with Crippen molar-refractivity contribution in [2.45, 2.75) is 50.5 Å². The lowest BCUT2D eigenvalue weighted by atomic mass is 9.72. The van der Waals surface area contributed by atoms with Crippen molar-refractivity contribution in [3.05, 3.63) is 35.6 Å². The maximum Gasteiger partial charge on any atom is 0.123 e. The summed E-state index contributed by atoms with van der Waals surface area (Å²) in [4.78, 5) is 0. The second-order valence-electron chi connectivity index (χ2n) is 6.36. The number of nitrogens with two attached hydrogens (primary N) is 1. The minimum absolute atomic E-state index is 0.0522. The number of rotatable bonds is 3. The van der Waals surface area contributed by atoms with Crippen LogP contribution in [0.4, 0.5) is 4.39 Å². The fraction of sp³-hybridized carbons (Fsp3) is 0.625. The van der Waals surface area contributed by atoms with Crippen molar-refractivity contribution in [1.29, 1.82) is 0 Å². The van der Waals surface area contributed by atoms with Crippen molar-refractivity contribution in [3.8, 4) is 0 Å². The first-order chi connectivity index (χ1) is 8.65. The molecule has 0 radical (unpaired) electrons. The molecular formula is C16H22FN. The van der Waals surface area contributed by atoms with Gasteiger partial charge in [-0.1, -0.05) is 25.0 Å². The summed E-state index contributed by atoms with van der Waals surface area (Å²) in [5, 5.41) is 0. The number of halogens is 1. The zero-order chi connectivity index (χ0) is 12.6. The Morgan fingerprint density at radius 2 is 1.83 bits per heavy atom. The van der Waals surface area contributed by atoms with E-state index < -0.39 is 0 Å². The molecule has 2 saturated carbocycles. The minimum Gasteiger partial charge on any atom is -0.325 e. The van der Waals surface area contributed by atoms with E-state index in [1.54, 1.807) is 12.1 Å². The summed E-state index contributed by atoms with van der Waals surface area (Å²) in [6.45, 7) is 0. The van der Waals surface area contributed by atoms with Gasteiger partial charge in [0.1, 0.15) is 5.82 Å². The smallest absolute Gasteiger partial charge is 0.123 e. The van der Waals surface area contributed by atoms with E-state index in [1.165, 1.54) is 31.2 Å². The summed E-state index contributed by atoms with van der Waals surface area (Å²) in [5.74, 6) is 1.65. The van der Waals surface area contributed by atoms with E-state index in [2.05, 4.69) is 0 Å². The molecule has 2 aliphatic carbocycles. The van der Waals surface area contributed by atoms with E-state index in [9.17, 15) is 4.39 Å². The molecule has 2 N–H and O–H groups in total. The molecule has 2 heteroatoms. The molecule has 0 aliphatic heterocycles. The second kappa shape index (κ2) is 4.65. The highest BCUT2D eigenvalue weighted by atomic mass is 19.1. The van der Waals surface area contributed by atoms with Gasteiger partial charge < -0.3 is 5.73 Å². The molecule has 0 aromatic heterocycles. The van der Waals surface area contributed by atoms with Gasteiger partial charge in [0.15, 0.2) is 0 Å². The normalized spacial score (nSPS) is 32.4. The quantitative estimate of drug-likeness (QED) is 0.866. The third-order valence-electron chi connectivity index (χ3n) is 4.68. The first-order valence-electron chi connectivity index (χ1n) is 7.18. The van der Waals surface area contributed by atoms with E-state index in [0.717, 1.165) is 31.1 Å². The van der Waals surface area contributed by atoms with Crippen molar-refractivity contribution in [2.24, 2.45) is 17.6 Å². The molecule has 2 aliphatic rings. The highest BCUT2D eigenvalue weighted by molar-refractivity contribution is 5.19. The molecular weight excluding hydrogens is 225 g/mol. The van der Waals surface area contributed by atoms with Crippen LogP contribution >= 0.6 is 0 Å². The van der Waals surface area contributed by atoms with Gasteiger partial charge >= 0.3 is 0 Å². The maximum atomic E-state index is 12.9. The second-order valence-corrected chi connectivity index (χ2v) is 6.36. The Morgan fingerprint density at radius 3 is 2.50 bits per heavy atom. The molecule has 18 heavy (non-hydrogen) atoms. The lowest BCUT2D eigenvalue weighted by molar-refractivity contribution is 0.204. The third kappa shape index (κ3) is 2.74. The Balaban J connectivity index is 1.67. The molecule has 3 rings (SSSR count). The molecule has 0 amide bonds. The number of hydrogen-bond acceptors (Lipinski definition) is 1. The van der Waals surface area contributed by atoms with Gasteiger partial charge in [0.25, 0.3) is 0 Å². The summed E-state index contributed by atoms with van der Waals surface area (Å²) < 4.78 is 12.9. The third-order valence-corrected chi connectivity index (χ3v) is 4.68. The van der Waals surface area contributed by atoms with E-state index in [-0.39, 0.29) is 11.4 Å². The molecule has 0 heterocycles. The summed E-state index contributed by atoms with van der Waals surface area (Å²) >= 11 is 0. The Bertz CT molecular complexity index is 410. The summed E-state index contributed by atoms with van der Waals surface area (Å²) in [6.07, 6.45) is 8.64. The standard InChI is InChI=1S/C16H22FN/c17-15-7-3-12(4-8-15)10-16(18)9-1-2-14(11-16)13-5-6-13/h3-4,7-8,13-14H,1-2,5-6,9-11,18H2. The van der Waals surface area contributed by atoms with Gasteiger partial charge in [0.2, 0.25) is 0 Å². The molecule has 2 unspecified atom stereocenters. The van der Waals surface area contributed by atoms with Crippen LogP contribution in [0, 0.1) is 17.7 Å². The number of benzene rings is 1. The highest BCUT2D eigenvalue weighted by Gasteiger charge is 2.39. The van der Waals surface area contributed by atoms with Crippen molar-refractivity contribution in [1.82, 2.24) is 0 Å². The van der Waals surface area contributed by atoms with Crippen molar-refractivity contribution in [2.75, 3.05) is 0 Å². The SMILES string of the molecule is NC1(Cc2ccc(F)cc2)CCCC(C2CC2)C1. The van der Waals surface area contributed by atoms with Crippen LogP contribution in [0.15, 0.2) is 24.3 Å². The molecule has 1 aromatic carbocycles. The lowest BCUT2D eigenvalue weighted by Gasteiger charge is -2.38. The average Bonchev–Trinajstić information content (AvgIpc) is 3.16. The van der Waals surface area contributed by atoms with Gasteiger partial charge in [0, 0.05) is 5.54 Å². The van der Waals surface area contributed by atoms with Crippen molar-refractivity contribution >= 4 is 0 Å². The van der Waals surface area contributed by atoms with Gasteiger partial charge in [0.05, 0.1) is 0 Å². The summed E-state index contributed by atoms with van der Waals surface area (Å²) in [7, 11) is 0. The number of hydrogen-bond donors (Lipinski definition) is 1. The molecule has 2 atom stereocenters. The Morgan fingerprint density at radius 1 is 1.11 bits per heavy atom. The van der Waals surface area contributed by atoms with E-state index in [1.807, 2.05) is 12.1 Å².